The maximum atomic E-state index is 9.60. The van der Waals surface area contributed by atoms with Gasteiger partial charge in [-0.05, 0) is 6.07 Å². The Bertz CT molecular complexity index is 937. The van der Waals surface area contributed by atoms with Crippen LogP contribution in [0, 0.1) is 11.3 Å². The highest BCUT2D eigenvalue weighted by atomic mass is 16.5. The average Bonchev–Trinajstić information content (AvgIpc) is 2.80. The van der Waals surface area contributed by atoms with E-state index in [-0.39, 0.29) is 0 Å². The van der Waals surface area contributed by atoms with Gasteiger partial charge in [0, 0.05) is 17.3 Å². The molecule has 0 unspecified atom stereocenters. The van der Waals surface area contributed by atoms with Gasteiger partial charge in [0.15, 0.2) is 5.82 Å². The number of ether oxygens (including phenoxy) is 1. The van der Waals surface area contributed by atoms with Crippen LogP contribution in [-0.4, -0.2) is 38.3 Å². The van der Waals surface area contributed by atoms with Gasteiger partial charge in [-0.15, -0.1) is 0 Å². The highest BCUT2D eigenvalue weighted by Crippen LogP contribution is 2.26. The smallest absolute Gasteiger partial charge is 0.150 e. The molecule has 0 amide bonds. The monoisotopic (exact) mass is 385 g/mol. The van der Waals surface area contributed by atoms with Gasteiger partial charge in [-0.1, -0.05) is 60.7 Å². The lowest BCUT2D eigenvalue weighted by Gasteiger charge is -2.37. The molecule has 5 heteroatoms. The molecule has 4 rings (SSSR count). The minimum Gasteiger partial charge on any atom is -0.495 e. The van der Waals surface area contributed by atoms with Gasteiger partial charge in [0.05, 0.1) is 33.3 Å². The van der Waals surface area contributed by atoms with Crippen LogP contribution in [0.1, 0.15) is 22.7 Å². The van der Waals surface area contributed by atoms with E-state index < -0.39 is 0 Å². The zero-order chi connectivity index (χ0) is 20.1. The molecule has 5 nitrogen and oxygen atoms in total. The number of benzene rings is 2. The Kier molecular flexibility index (Phi) is 5.73. The van der Waals surface area contributed by atoms with E-state index in [1.807, 2.05) is 0 Å². The minimum absolute atomic E-state index is 0.299. The van der Waals surface area contributed by atoms with E-state index in [9.17, 15) is 5.26 Å². The number of hydrogen-bond acceptors (Lipinski definition) is 4. The van der Waals surface area contributed by atoms with Crippen LogP contribution < -0.4 is 14.5 Å². The van der Waals surface area contributed by atoms with Gasteiger partial charge in [0.25, 0.3) is 0 Å². The van der Waals surface area contributed by atoms with Crippen LogP contribution >= 0.6 is 0 Å². The molecule has 1 aromatic heterocycles. The number of pyridine rings is 1. The van der Waals surface area contributed by atoms with Crippen molar-refractivity contribution in [1.82, 2.24) is 4.98 Å². The highest BCUT2D eigenvalue weighted by Gasteiger charge is 2.31. The van der Waals surface area contributed by atoms with E-state index in [2.05, 4.69) is 76.6 Å². The lowest BCUT2D eigenvalue weighted by Crippen LogP contribution is -3.15. The number of nitrogens with zero attached hydrogens (tertiary/aromatic N) is 3. The molecule has 146 valence electrons. The van der Waals surface area contributed by atoms with Crippen molar-refractivity contribution in [2.24, 2.45) is 0 Å². The number of methoxy groups -OCH3 is 1. The van der Waals surface area contributed by atoms with Crippen LogP contribution in [0.25, 0.3) is 0 Å². The fourth-order valence-electron chi connectivity index (χ4n) is 4.20. The average molecular weight is 385 g/mol. The molecule has 1 aliphatic rings. The van der Waals surface area contributed by atoms with Crippen LogP contribution in [0.2, 0.25) is 0 Å². The summed E-state index contributed by atoms with van der Waals surface area (Å²) in [7, 11) is 1.59. The van der Waals surface area contributed by atoms with Gasteiger partial charge in [-0.25, -0.2) is 4.98 Å². The van der Waals surface area contributed by atoms with E-state index in [0.717, 1.165) is 32.0 Å². The van der Waals surface area contributed by atoms with E-state index in [4.69, 9.17) is 4.74 Å². The van der Waals surface area contributed by atoms with E-state index in [1.165, 1.54) is 16.0 Å². The summed E-state index contributed by atoms with van der Waals surface area (Å²) in [5.74, 6) is 1.31. The fraction of sp³-hybridized carbons (Fsp3) is 0.250. The number of nitriles is 1. The van der Waals surface area contributed by atoms with E-state index in [1.54, 1.807) is 19.4 Å². The van der Waals surface area contributed by atoms with Crippen molar-refractivity contribution in [2.45, 2.75) is 6.04 Å². The molecule has 1 aliphatic heterocycles. The van der Waals surface area contributed by atoms with E-state index in [0.29, 0.717) is 17.4 Å². The molecule has 2 aromatic carbocycles. The summed E-state index contributed by atoms with van der Waals surface area (Å²) in [6.45, 7) is 3.64. The standard InChI is InChI=1S/C24H24N4O/c1-29-22-12-13-26-24(21(22)18-25)28-16-14-27(15-17-28)23(19-8-4-2-5-9-19)20-10-6-3-7-11-20/h2-13,23H,14-17H2,1H3/p+1. The van der Waals surface area contributed by atoms with Gasteiger partial charge in [-0.3, -0.25) is 0 Å². The predicted octanol–water partition coefficient (Wildman–Crippen LogP) is 2.46. The second-order valence-electron chi connectivity index (χ2n) is 7.22. The van der Waals surface area contributed by atoms with Crippen molar-refractivity contribution in [1.29, 1.82) is 5.26 Å². The maximum Gasteiger partial charge on any atom is 0.150 e. The minimum atomic E-state index is 0.299. The Morgan fingerprint density at radius 1 is 0.966 bits per heavy atom. The van der Waals surface area contributed by atoms with E-state index >= 15 is 0 Å². The molecular formula is C24H25N4O+. The SMILES string of the molecule is COc1ccnc(N2CC[NH+](C(c3ccccc3)c3ccccc3)CC2)c1C#N. The van der Waals surface area contributed by atoms with Gasteiger partial charge < -0.3 is 14.5 Å². The summed E-state index contributed by atoms with van der Waals surface area (Å²) in [6, 6.07) is 25.7. The summed E-state index contributed by atoms with van der Waals surface area (Å²) < 4.78 is 5.35. The molecule has 1 fully saturated rings. The largest absolute Gasteiger partial charge is 0.495 e. The number of quaternary nitrogens is 1. The van der Waals surface area contributed by atoms with Gasteiger partial charge in [0.2, 0.25) is 0 Å². The molecular weight excluding hydrogens is 360 g/mol. The Morgan fingerprint density at radius 3 is 2.07 bits per heavy atom. The second kappa shape index (κ2) is 8.76. The third kappa shape index (κ3) is 3.94. The van der Waals surface area contributed by atoms with Crippen molar-refractivity contribution in [2.75, 3.05) is 38.2 Å². The molecule has 0 bridgehead atoms. The number of nitrogens with one attached hydrogen (secondary N) is 1. The molecule has 0 radical (unpaired) electrons. The number of aromatic nitrogens is 1. The third-order valence-corrected chi connectivity index (χ3v) is 5.60. The van der Waals surface area contributed by atoms with Crippen molar-refractivity contribution in [3.63, 3.8) is 0 Å². The highest BCUT2D eigenvalue weighted by molar-refractivity contribution is 5.60. The van der Waals surface area contributed by atoms with Gasteiger partial charge in [0.1, 0.15) is 23.4 Å². The molecule has 1 saturated heterocycles. The van der Waals surface area contributed by atoms with Crippen LogP contribution in [0.15, 0.2) is 72.9 Å². The zero-order valence-corrected chi connectivity index (χ0v) is 16.6. The van der Waals surface area contributed by atoms with Crippen LogP contribution in [0.4, 0.5) is 5.82 Å². The molecule has 0 saturated carbocycles. The normalized spacial score (nSPS) is 14.6. The first-order valence-corrected chi connectivity index (χ1v) is 9.94. The van der Waals surface area contributed by atoms with Crippen molar-refractivity contribution < 1.29 is 9.64 Å². The van der Waals surface area contributed by atoms with Gasteiger partial charge >= 0.3 is 0 Å². The van der Waals surface area contributed by atoms with Crippen molar-refractivity contribution >= 4 is 5.82 Å². The Morgan fingerprint density at radius 2 is 1.55 bits per heavy atom. The second-order valence-corrected chi connectivity index (χ2v) is 7.22. The van der Waals surface area contributed by atoms with Crippen molar-refractivity contribution in [3.05, 3.63) is 89.6 Å². The lowest BCUT2D eigenvalue weighted by molar-refractivity contribution is -0.926. The lowest BCUT2D eigenvalue weighted by atomic mass is 9.96. The van der Waals surface area contributed by atoms with Crippen LogP contribution in [0.3, 0.4) is 0 Å². The van der Waals surface area contributed by atoms with Crippen molar-refractivity contribution in [3.8, 4) is 11.8 Å². The first-order chi connectivity index (χ1) is 14.3. The first-order valence-electron chi connectivity index (χ1n) is 9.94. The fourth-order valence-corrected chi connectivity index (χ4v) is 4.20. The summed E-state index contributed by atoms with van der Waals surface area (Å²) >= 11 is 0. The molecule has 3 aromatic rings. The number of piperazine rings is 1. The number of rotatable bonds is 5. The Balaban J connectivity index is 1.57. The molecule has 0 atom stereocenters. The number of anilines is 1. The first kappa shape index (κ1) is 19.0. The maximum absolute atomic E-state index is 9.60. The van der Waals surface area contributed by atoms with Gasteiger partial charge in [-0.2, -0.15) is 5.26 Å². The third-order valence-electron chi connectivity index (χ3n) is 5.60. The molecule has 1 N–H and O–H groups in total. The predicted molar refractivity (Wildman–Crippen MR) is 113 cm³/mol. The number of hydrogen-bond donors (Lipinski definition) is 1. The Hall–Kier alpha value is -3.36. The zero-order valence-electron chi connectivity index (χ0n) is 16.6. The summed E-state index contributed by atoms with van der Waals surface area (Å²) in [5.41, 5.74) is 3.18. The summed E-state index contributed by atoms with van der Waals surface area (Å²) in [4.78, 5) is 8.22. The molecule has 0 spiro atoms. The quantitative estimate of drug-likeness (QED) is 0.733. The van der Waals surface area contributed by atoms with Crippen LogP contribution in [0.5, 0.6) is 5.75 Å². The molecule has 2 heterocycles. The molecule has 29 heavy (non-hydrogen) atoms. The molecule has 0 aliphatic carbocycles. The summed E-state index contributed by atoms with van der Waals surface area (Å²) in [5, 5.41) is 9.60. The summed E-state index contributed by atoms with van der Waals surface area (Å²) in [6.07, 6.45) is 1.71. The Labute approximate surface area is 171 Å². The van der Waals surface area contributed by atoms with Crippen LogP contribution in [-0.2, 0) is 0 Å². The topological polar surface area (TPSA) is 53.6 Å².